The van der Waals surface area contributed by atoms with Crippen LogP contribution in [0.15, 0.2) is 30.3 Å². The van der Waals surface area contributed by atoms with Crippen LogP contribution in [0, 0.1) is 13.8 Å². The Morgan fingerprint density at radius 2 is 1.88 bits per heavy atom. The van der Waals surface area contributed by atoms with E-state index in [0.717, 1.165) is 16.0 Å². The normalized spacial score (nSPS) is 10.7. The highest BCUT2D eigenvalue weighted by Crippen LogP contribution is 2.33. The number of thiophene rings is 1. The molecule has 0 unspecified atom stereocenters. The number of hydrogen-bond donors (Lipinski definition) is 1. The van der Waals surface area contributed by atoms with E-state index in [1.165, 1.54) is 24.5 Å². The number of carbonyl (C=O) groups is 2. The second kappa shape index (κ2) is 7.79. The molecule has 126 valence electrons. The first kappa shape index (κ1) is 17.7. The molecule has 0 radical (unpaired) electrons. The van der Waals surface area contributed by atoms with Gasteiger partial charge in [-0.1, -0.05) is 18.2 Å². The molecular weight excluding hydrogens is 326 g/mol. The Kier molecular flexibility index (Phi) is 5.76. The maximum absolute atomic E-state index is 12.2. The minimum absolute atomic E-state index is 0.327. The summed E-state index contributed by atoms with van der Waals surface area (Å²) in [5.41, 5.74) is 2.01. The van der Waals surface area contributed by atoms with Crippen molar-refractivity contribution >= 4 is 34.3 Å². The monoisotopic (exact) mass is 345 g/mol. The van der Waals surface area contributed by atoms with E-state index in [0.29, 0.717) is 16.3 Å². The molecule has 1 amide bonds. The number of anilines is 1. The van der Waals surface area contributed by atoms with Crippen LogP contribution in [-0.2, 0) is 9.53 Å². The van der Waals surface area contributed by atoms with Gasteiger partial charge in [0.25, 0.3) is 0 Å². The summed E-state index contributed by atoms with van der Waals surface area (Å²) in [6.07, 6.45) is 3.07. The molecule has 0 fully saturated rings. The van der Waals surface area contributed by atoms with Crippen molar-refractivity contribution in [3.63, 3.8) is 0 Å². The predicted molar refractivity (Wildman–Crippen MR) is 95.8 cm³/mol. The van der Waals surface area contributed by atoms with Gasteiger partial charge in [-0.15, -0.1) is 11.3 Å². The molecular formula is C18H19NO4S. The number of rotatable bonds is 5. The summed E-state index contributed by atoms with van der Waals surface area (Å²) in [7, 11) is 2.90. The van der Waals surface area contributed by atoms with Gasteiger partial charge in [-0.25, -0.2) is 4.79 Å². The van der Waals surface area contributed by atoms with Gasteiger partial charge in [0, 0.05) is 16.5 Å². The number of hydrogen-bond acceptors (Lipinski definition) is 5. The minimum Gasteiger partial charge on any atom is -0.496 e. The molecule has 1 N–H and O–H groups in total. The van der Waals surface area contributed by atoms with Gasteiger partial charge in [-0.3, -0.25) is 4.79 Å². The zero-order valence-corrected chi connectivity index (χ0v) is 14.8. The quantitative estimate of drug-likeness (QED) is 0.661. The van der Waals surface area contributed by atoms with Gasteiger partial charge in [0.2, 0.25) is 5.91 Å². The molecule has 6 heteroatoms. The van der Waals surface area contributed by atoms with Crippen molar-refractivity contribution in [2.45, 2.75) is 13.8 Å². The van der Waals surface area contributed by atoms with E-state index in [9.17, 15) is 9.59 Å². The Bertz CT molecular complexity index is 792. The van der Waals surface area contributed by atoms with Crippen LogP contribution in [0.4, 0.5) is 5.00 Å². The molecule has 2 aromatic rings. The lowest BCUT2D eigenvalue weighted by Gasteiger charge is -2.05. The van der Waals surface area contributed by atoms with Gasteiger partial charge in [0.15, 0.2) is 0 Å². The summed E-state index contributed by atoms with van der Waals surface area (Å²) in [6, 6.07) is 7.39. The largest absolute Gasteiger partial charge is 0.496 e. The van der Waals surface area contributed by atoms with E-state index in [4.69, 9.17) is 9.47 Å². The lowest BCUT2D eigenvalue weighted by atomic mass is 10.1. The van der Waals surface area contributed by atoms with Gasteiger partial charge in [-0.2, -0.15) is 0 Å². The van der Waals surface area contributed by atoms with Crippen LogP contribution in [0.5, 0.6) is 5.75 Å². The average molecular weight is 345 g/mol. The maximum Gasteiger partial charge on any atom is 0.341 e. The first-order chi connectivity index (χ1) is 11.5. The molecule has 1 heterocycles. The molecule has 5 nitrogen and oxygen atoms in total. The van der Waals surface area contributed by atoms with Gasteiger partial charge >= 0.3 is 5.97 Å². The fourth-order valence-electron chi connectivity index (χ4n) is 2.19. The molecule has 0 saturated carbocycles. The first-order valence-corrected chi connectivity index (χ1v) is 8.10. The number of benzene rings is 1. The summed E-state index contributed by atoms with van der Waals surface area (Å²) in [5, 5.41) is 3.24. The number of aryl methyl sites for hydroxylation is 1. The summed E-state index contributed by atoms with van der Waals surface area (Å²) < 4.78 is 10.0. The van der Waals surface area contributed by atoms with Crippen LogP contribution in [0.2, 0.25) is 0 Å². The van der Waals surface area contributed by atoms with Crippen LogP contribution in [0.3, 0.4) is 0 Å². The highest BCUT2D eigenvalue weighted by molar-refractivity contribution is 7.16. The van der Waals surface area contributed by atoms with Crippen LogP contribution >= 0.6 is 11.3 Å². The topological polar surface area (TPSA) is 64.6 Å². The van der Waals surface area contributed by atoms with Gasteiger partial charge in [0.1, 0.15) is 10.8 Å². The van der Waals surface area contributed by atoms with Crippen LogP contribution < -0.4 is 10.1 Å². The third-order valence-corrected chi connectivity index (χ3v) is 4.69. The van der Waals surface area contributed by atoms with Crippen molar-refractivity contribution in [2.24, 2.45) is 0 Å². The smallest absolute Gasteiger partial charge is 0.341 e. The van der Waals surface area contributed by atoms with Crippen molar-refractivity contribution in [3.8, 4) is 5.75 Å². The molecule has 0 saturated heterocycles. The molecule has 2 rings (SSSR count). The second-order valence-electron chi connectivity index (χ2n) is 5.04. The van der Waals surface area contributed by atoms with Gasteiger partial charge in [0.05, 0.1) is 19.8 Å². The van der Waals surface area contributed by atoms with Crippen LogP contribution in [0.1, 0.15) is 26.4 Å². The molecule has 1 aromatic heterocycles. The Balaban J connectivity index is 2.20. The van der Waals surface area contributed by atoms with E-state index in [-0.39, 0.29) is 5.91 Å². The Morgan fingerprint density at radius 3 is 2.54 bits per heavy atom. The van der Waals surface area contributed by atoms with Crippen molar-refractivity contribution in [3.05, 3.63) is 51.9 Å². The van der Waals surface area contributed by atoms with E-state index < -0.39 is 5.97 Å². The third-order valence-electron chi connectivity index (χ3n) is 3.56. The number of esters is 1. The third kappa shape index (κ3) is 3.83. The van der Waals surface area contributed by atoms with Crippen molar-refractivity contribution in [1.29, 1.82) is 0 Å². The maximum atomic E-state index is 12.2. The van der Waals surface area contributed by atoms with Gasteiger partial charge < -0.3 is 14.8 Å². The number of para-hydroxylation sites is 1. The van der Waals surface area contributed by atoms with Crippen LogP contribution in [-0.4, -0.2) is 26.1 Å². The number of ether oxygens (including phenoxy) is 2. The number of methoxy groups -OCH3 is 2. The zero-order valence-electron chi connectivity index (χ0n) is 14.0. The standard InChI is InChI=1S/C18H19NO4S/c1-11-12(2)24-17(16(11)18(21)23-4)19-15(20)10-9-13-7-5-6-8-14(13)22-3/h5-10H,1-4H3,(H,19,20)/b10-9+. The SMILES string of the molecule is COC(=O)c1c(NC(=O)/C=C/c2ccccc2OC)sc(C)c1C. The molecule has 0 aliphatic heterocycles. The lowest BCUT2D eigenvalue weighted by Crippen LogP contribution is -2.11. The molecule has 0 aliphatic carbocycles. The van der Waals surface area contributed by atoms with Crippen molar-refractivity contribution in [1.82, 2.24) is 0 Å². The summed E-state index contributed by atoms with van der Waals surface area (Å²) in [4.78, 5) is 25.1. The zero-order chi connectivity index (χ0) is 17.7. The number of nitrogens with one attached hydrogen (secondary N) is 1. The van der Waals surface area contributed by atoms with Gasteiger partial charge in [-0.05, 0) is 31.6 Å². The second-order valence-corrected chi connectivity index (χ2v) is 6.27. The summed E-state index contributed by atoms with van der Waals surface area (Å²) >= 11 is 1.35. The molecule has 24 heavy (non-hydrogen) atoms. The predicted octanol–water partition coefficient (Wildman–Crippen LogP) is 3.81. The fraction of sp³-hybridized carbons (Fsp3) is 0.222. The molecule has 0 spiro atoms. The fourth-order valence-corrected chi connectivity index (χ4v) is 3.24. The molecule has 0 aliphatic rings. The average Bonchev–Trinajstić information content (AvgIpc) is 2.86. The van der Waals surface area contributed by atoms with E-state index in [1.54, 1.807) is 13.2 Å². The summed E-state index contributed by atoms with van der Waals surface area (Å²) in [6.45, 7) is 3.73. The Morgan fingerprint density at radius 1 is 1.17 bits per heavy atom. The van der Waals surface area contributed by atoms with Crippen molar-refractivity contribution in [2.75, 3.05) is 19.5 Å². The molecule has 0 bridgehead atoms. The lowest BCUT2D eigenvalue weighted by molar-refractivity contribution is -0.111. The highest BCUT2D eigenvalue weighted by atomic mass is 32.1. The minimum atomic E-state index is -0.458. The summed E-state index contributed by atoms with van der Waals surface area (Å²) in [5.74, 6) is -0.104. The van der Waals surface area contributed by atoms with E-state index in [2.05, 4.69) is 5.32 Å². The first-order valence-electron chi connectivity index (χ1n) is 7.28. The molecule has 1 aromatic carbocycles. The number of carbonyl (C=O) groups excluding carboxylic acids is 2. The highest BCUT2D eigenvalue weighted by Gasteiger charge is 2.20. The Labute approximate surface area is 144 Å². The Hall–Kier alpha value is -2.60. The van der Waals surface area contributed by atoms with E-state index >= 15 is 0 Å². The van der Waals surface area contributed by atoms with E-state index in [1.807, 2.05) is 38.1 Å². The van der Waals surface area contributed by atoms with Crippen molar-refractivity contribution < 1.29 is 19.1 Å². The number of amides is 1. The molecule has 0 atom stereocenters. The van der Waals surface area contributed by atoms with Crippen LogP contribution in [0.25, 0.3) is 6.08 Å².